The van der Waals surface area contributed by atoms with Crippen molar-refractivity contribution in [2.75, 3.05) is 11.5 Å². The molecule has 0 radical (unpaired) electrons. The van der Waals surface area contributed by atoms with E-state index in [0.717, 1.165) is 43.6 Å². The lowest BCUT2D eigenvalue weighted by atomic mass is 9.73. The van der Waals surface area contributed by atoms with Crippen LogP contribution in [-0.4, -0.2) is 21.7 Å². The van der Waals surface area contributed by atoms with Crippen molar-refractivity contribution in [1.82, 2.24) is 0 Å². The van der Waals surface area contributed by atoms with Gasteiger partial charge in [-0.2, -0.15) is 0 Å². The Balaban J connectivity index is 1.35. The van der Waals surface area contributed by atoms with Gasteiger partial charge in [0, 0.05) is 54.1 Å². The van der Waals surface area contributed by atoms with Crippen LogP contribution in [0.15, 0.2) is 155 Å². The van der Waals surface area contributed by atoms with Crippen LogP contribution in [0.4, 0.5) is 0 Å². The van der Waals surface area contributed by atoms with E-state index in [0.29, 0.717) is 11.5 Å². The van der Waals surface area contributed by atoms with E-state index in [-0.39, 0.29) is 10.8 Å². The van der Waals surface area contributed by atoms with Crippen molar-refractivity contribution in [1.29, 1.82) is 0 Å². The number of benzene rings is 6. The van der Waals surface area contributed by atoms with E-state index in [1.165, 1.54) is 22.3 Å². The monoisotopic (exact) mass is 750 g/mol. The number of rotatable bonds is 13. The van der Waals surface area contributed by atoms with E-state index >= 15 is 0 Å². The molecule has 0 saturated heterocycles. The molecule has 0 spiro atoms. The summed E-state index contributed by atoms with van der Waals surface area (Å²) in [4.78, 5) is 1.76. The molecule has 0 fully saturated rings. The van der Waals surface area contributed by atoms with Gasteiger partial charge >= 0.3 is 0 Å². The number of aromatic hydroxyl groups is 2. The smallest absolute Gasteiger partial charge is 0.133 e. The molecule has 0 atom stereocenters. The molecule has 0 aliphatic carbocycles. The molecule has 0 saturated carbocycles. The van der Waals surface area contributed by atoms with Crippen LogP contribution < -0.4 is 0 Å². The first kappa shape index (κ1) is 39.3. The van der Waals surface area contributed by atoms with Gasteiger partial charge in [0.05, 0.1) is 0 Å². The fraction of sp³-hybridized carbons (Fsp3) is 0.280. The molecular formula is C50H54O2S2. The lowest BCUT2D eigenvalue weighted by Crippen LogP contribution is -2.23. The normalized spacial score (nSPS) is 12.5. The van der Waals surface area contributed by atoms with Gasteiger partial charge in [0.15, 0.2) is 0 Å². The summed E-state index contributed by atoms with van der Waals surface area (Å²) >= 11 is 3.37. The van der Waals surface area contributed by atoms with Crippen LogP contribution in [0.5, 0.6) is 11.5 Å². The van der Waals surface area contributed by atoms with E-state index in [2.05, 4.69) is 189 Å². The van der Waals surface area contributed by atoms with Crippen molar-refractivity contribution in [3.63, 3.8) is 0 Å². The highest BCUT2D eigenvalue weighted by Crippen LogP contribution is 2.48. The Bertz CT molecular complexity index is 2010. The van der Waals surface area contributed by atoms with E-state index in [4.69, 9.17) is 0 Å². The average molecular weight is 751 g/mol. The number of phenols is 2. The molecule has 0 amide bonds. The maximum Gasteiger partial charge on any atom is 0.133 e. The molecule has 0 bridgehead atoms. The molecule has 0 aliphatic rings. The Morgan fingerprint density at radius 2 is 0.611 bits per heavy atom. The molecule has 6 aromatic carbocycles. The fourth-order valence-electron chi connectivity index (χ4n) is 7.48. The van der Waals surface area contributed by atoms with E-state index in [9.17, 15) is 10.2 Å². The number of hydrogen-bond donors (Lipinski definition) is 2. The number of phenolic OH excluding ortho intramolecular Hbond substituents is 2. The molecule has 0 aromatic heterocycles. The first-order valence-corrected chi connectivity index (χ1v) is 20.9. The largest absolute Gasteiger partial charge is 0.506 e. The summed E-state index contributed by atoms with van der Waals surface area (Å²) in [6, 6.07) is 50.9. The summed E-state index contributed by atoms with van der Waals surface area (Å²) in [5.74, 6) is 2.18. The lowest BCUT2D eigenvalue weighted by molar-refractivity contribution is 0.438. The first-order valence-electron chi connectivity index (χ1n) is 18.9. The predicted molar refractivity (Wildman–Crippen MR) is 232 cm³/mol. The second-order valence-electron chi connectivity index (χ2n) is 16.4. The Morgan fingerprint density at radius 3 is 0.889 bits per heavy atom. The molecule has 0 aliphatic heterocycles. The van der Waals surface area contributed by atoms with Crippen LogP contribution >= 0.6 is 23.5 Å². The van der Waals surface area contributed by atoms with Gasteiger partial charge in [0.2, 0.25) is 0 Å². The zero-order valence-corrected chi connectivity index (χ0v) is 34.6. The van der Waals surface area contributed by atoms with Gasteiger partial charge in [-0.1, -0.05) is 189 Å². The first-order chi connectivity index (χ1) is 25.6. The van der Waals surface area contributed by atoms with Crippen LogP contribution in [0.2, 0.25) is 0 Å². The number of thioether (sulfide) groups is 2. The summed E-state index contributed by atoms with van der Waals surface area (Å²) < 4.78 is 0. The third kappa shape index (κ3) is 7.88. The highest BCUT2D eigenvalue weighted by atomic mass is 32.2. The molecular weight excluding hydrogens is 697 g/mol. The van der Waals surface area contributed by atoms with E-state index in [1.807, 2.05) is 12.1 Å². The topological polar surface area (TPSA) is 40.5 Å². The summed E-state index contributed by atoms with van der Waals surface area (Å²) in [6.45, 7) is 17.8. The zero-order chi connectivity index (χ0) is 38.7. The van der Waals surface area contributed by atoms with Crippen LogP contribution in [0.3, 0.4) is 0 Å². The van der Waals surface area contributed by atoms with E-state index in [1.54, 1.807) is 23.5 Å². The van der Waals surface area contributed by atoms with E-state index < -0.39 is 10.8 Å². The van der Waals surface area contributed by atoms with Crippen molar-refractivity contribution in [2.45, 2.75) is 86.8 Å². The Hall–Kier alpha value is -4.38. The minimum absolute atomic E-state index is 0.277. The van der Waals surface area contributed by atoms with Crippen molar-refractivity contribution in [3.05, 3.63) is 190 Å². The second kappa shape index (κ2) is 15.8. The van der Waals surface area contributed by atoms with Gasteiger partial charge in [0.25, 0.3) is 0 Å². The maximum atomic E-state index is 12.0. The molecule has 2 nitrogen and oxygen atoms in total. The second-order valence-corrected chi connectivity index (χ2v) is 18.7. The van der Waals surface area contributed by atoms with Gasteiger partial charge in [-0.3, -0.25) is 0 Å². The molecule has 0 unspecified atom stereocenters. The summed E-state index contributed by atoms with van der Waals surface area (Å²) in [5, 5.41) is 24.0. The third-order valence-corrected chi connectivity index (χ3v) is 13.8. The quantitative estimate of drug-likeness (QED) is 0.0911. The Kier molecular flexibility index (Phi) is 11.5. The van der Waals surface area contributed by atoms with Crippen molar-refractivity contribution in [2.24, 2.45) is 0 Å². The minimum atomic E-state index is -0.419. The Labute approximate surface area is 332 Å². The predicted octanol–water partition coefficient (Wildman–Crippen LogP) is 13.3. The molecule has 6 aromatic rings. The molecule has 4 heteroatoms. The van der Waals surface area contributed by atoms with Crippen LogP contribution in [0, 0.1) is 0 Å². The fourth-order valence-corrected chi connectivity index (χ4v) is 9.50. The third-order valence-electron chi connectivity index (χ3n) is 11.5. The van der Waals surface area contributed by atoms with Gasteiger partial charge in [-0.15, -0.1) is 23.5 Å². The summed E-state index contributed by atoms with van der Waals surface area (Å²) in [6.07, 6.45) is 0. The lowest BCUT2D eigenvalue weighted by Gasteiger charge is -2.32. The van der Waals surface area contributed by atoms with Crippen LogP contribution in [-0.2, 0) is 21.7 Å². The van der Waals surface area contributed by atoms with Gasteiger partial charge in [0.1, 0.15) is 11.5 Å². The van der Waals surface area contributed by atoms with Crippen LogP contribution in [0.25, 0.3) is 0 Å². The van der Waals surface area contributed by atoms with Crippen LogP contribution in [0.1, 0.15) is 99.9 Å². The highest BCUT2D eigenvalue weighted by Gasteiger charge is 2.34. The van der Waals surface area contributed by atoms with Crippen molar-refractivity contribution in [3.8, 4) is 11.5 Å². The Morgan fingerprint density at radius 1 is 0.352 bits per heavy atom. The van der Waals surface area contributed by atoms with Gasteiger partial charge in [-0.25, -0.2) is 0 Å². The zero-order valence-electron chi connectivity index (χ0n) is 33.0. The summed E-state index contributed by atoms with van der Waals surface area (Å²) in [7, 11) is 0. The average Bonchev–Trinajstić information content (AvgIpc) is 3.18. The highest BCUT2D eigenvalue weighted by molar-refractivity contribution is 8.03. The molecule has 6 rings (SSSR count). The van der Waals surface area contributed by atoms with Gasteiger partial charge in [-0.05, 0) is 45.5 Å². The molecule has 54 heavy (non-hydrogen) atoms. The minimum Gasteiger partial charge on any atom is -0.506 e. The molecule has 278 valence electrons. The number of hydrogen-bond acceptors (Lipinski definition) is 4. The van der Waals surface area contributed by atoms with Crippen molar-refractivity contribution < 1.29 is 10.2 Å². The maximum absolute atomic E-state index is 12.0. The van der Waals surface area contributed by atoms with Gasteiger partial charge < -0.3 is 10.2 Å². The summed E-state index contributed by atoms with van der Waals surface area (Å²) in [5.41, 5.74) is 7.56. The SMILES string of the molecule is CC(C)(c1ccccc1)c1cc(SCCSc2cc(C(C)(C)c3ccccc3)cc(C(C)(C)c3ccccc3)c2O)c(O)c(C(C)(C)c2ccccc2)c1. The van der Waals surface area contributed by atoms with Crippen molar-refractivity contribution >= 4 is 23.5 Å². The molecule has 0 heterocycles. The molecule has 2 N–H and O–H groups in total. The standard InChI is InChI=1S/C50H54O2S2/c1-47(2,35-21-13-9-14-22-35)39-31-41(49(5,6)37-25-17-11-18-26-37)45(51)43(33-39)53-29-30-54-44-34-40(48(3,4)36-23-15-10-16-24-36)32-42(46(44)52)50(7,8)38-27-19-12-20-28-38/h9-28,31-34,51-52H,29-30H2,1-8H3.